The number of rotatable bonds is 5. The van der Waals surface area contributed by atoms with Crippen LogP contribution in [-0.2, 0) is 4.74 Å². The molecule has 29 heavy (non-hydrogen) atoms. The summed E-state index contributed by atoms with van der Waals surface area (Å²) in [6.45, 7) is 3.44. The Kier molecular flexibility index (Phi) is 5.17. The van der Waals surface area contributed by atoms with Gasteiger partial charge in [-0.3, -0.25) is 5.10 Å². The molecule has 3 aromatic rings. The van der Waals surface area contributed by atoms with Gasteiger partial charge in [0, 0.05) is 30.5 Å². The van der Waals surface area contributed by atoms with E-state index in [0.29, 0.717) is 12.0 Å². The van der Waals surface area contributed by atoms with Gasteiger partial charge in [-0.2, -0.15) is 15.1 Å². The van der Waals surface area contributed by atoms with Crippen molar-refractivity contribution in [3.63, 3.8) is 0 Å². The molecule has 2 aliphatic rings. The molecule has 8 nitrogen and oxygen atoms in total. The molecule has 3 heterocycles. The standard InChI is InChI=1S/C21H27N7O/c1-2-4-15(5-3-1)23-19-18-14-22-27-20(18)26-21(25-19)24-16-6-8-17(9-7-16)28-10-12-29-13-11-28/h6-9,14-15H,1-5,10-13H2,(H3,22,23,24,25,26,27). The fraction of sp³-hybridized carbons (Fsp3) is 0.476. The average molecular weight is 393 g/mol. The number of morpholine rings is 1. The molecular formula is C21H27N7O. The fourth-order valence-corrected chi connectivity index (χ4v) is 4.15. The van der Waals surface area contributed by atoms with Crippen molar-refractivity contribution in [3.05, 3.63) is 30.5 Å². The fourth-order valence-electron chi connectivity index (χ4n) is 4.15. The van der Waals surface area contributed by atoms with E-state index in [1.54, 1.807) is 6.20 Å². The minimum absolute atomic E-state index is 0.470. The van der Waals surface area contributed by atoms with Gasteiger partial charge in [0.25, 0.3) is 0 Å². The van der Waals surface area contributed by atoms with Crippen molar-refractivity contribution >= 4 is 34.2 Å². The highest BCUT2D eigenvalue weighted by atomic mass is 16.5. The highest BCUT2D eigenvalue weighted by Crippen LogP contribution is 2.27. The van der Waals surface area contributed by atoms with Gasteiger partial charge in [-0.15, -0.1) is 0 Å². The number of fused-ring (bicyclic) bond motifs is 1. The van der Waals surface area contributed by atoms with Crippen molar-refractivity contribution in [1.29, 1.82) is 0 Å². The maximum atomic E-state index is 5.43. The van der Waals surface area contributed by atoms with Crippen molar-refractivity contribution in [3.8, 4) is 0 Å². The zero-order chi connectivity index (χ0) is 19.5. The second kappa shape index (κ2) is 8.24. The monoisotopic (exact) mass is 393 g/mol. The predicted molar refractivity (Wildman–Crippen MR) is 115 cm³/mol. The Morgan fingerprint density at radius 3 is 2.59 bits per heavy atom. The van der Waals surface area contributed by atoms with E-state index in [2.05, 4.69) is 55.0 Å². The number of nitrogens with zero attached hydrogens (tertiary/aromatic N) is 4. The van der Waals surface area contributed by atoms with Crippen LogP contribution in [0.15, 0.2) is 30.5 Å². The number of nitrogens with one attached hydrogen (secondary N) is 3. The normalized spacial score (nSPS) is 18.1. The Labute approximate surface area is 170 Å². The van der Waals surface area contributed by atoms with E-state index in [4.69, 9.17) is 9.72 Å². The molecule has 0 bridgehead atoms. The van der Waals surface area contributed by atoms with Gasteiger partial charge >= 0.3 is 0 Å². The summed E-state index contributed by atoms with van der Waals surface area (Å²) in [5, 5.41) is 15.0. The largest absolute Gasteiger partial charge is 0.378 e. The molecule has 1 aliphatic heterocycles. The van der Waals surface area contributed by atoms with Gasteiger partial charge in [0.05, 0.1) is 24.8 Å². The summed E-state index contributed by atoms with van der Waals surface area (Å²) in [5.41, 5.74) is 2.92. The number of aromatic amines is 1. The van der Waals surface area contributed by atoms with Crippen LogP contribution in [0.2, 0.25) is 0 Å². The highest BCUT2D eigenvalue weighted by Gasteiger charge is 2.17. The molecule has 2 fully saturated rings. The van der Waals surface area contributed by atoms with Crippen molar-refractivity contribution in [2.75, 3.05) is 41.8 Å². The molecule has 0 atom stereocenters. The summed E-state index contributed by atoms with van der Waals surface area (Å²) in [5.74, 6) is 1.42. The van der Waals surface area contributed by atoms with Crippen LogP contribution in [0.25, 0.3) is 11.0 Å². The van der Waals surface area contributed by atoms with Gasteiger partial charge in [0.1, 0.15) is 5.82 Å². The number of H-pyrrole nitrogens is 1. The third kappa shape index (κ3) is 4.12. The molecule has 0 spiro atoms. The SMILES string of the molecule is c1cc(N2CCOCC2)ccc1Nc1nc(NC2CCCCC2)c2cn[nH]c2n1. The molecule has 1 aromatic carbocycles. The van der Waals surface area contributed by atoms with Crippen molar-refractivity contribution in [2.45, 2.75) is 38.1 Å². The molecule has 5 rings (SSSR count). The molecule has 0 amide bonds. The Bertz CT molecular complexity index is 943. The smallest absolute Gasteiger partial charge is 0.231 e. The molecule has 8 heteroatoms. The number of anilines is 4. The molecular weight excluding hydrogens is 366 g/mol. The van der Waals surface area contributed by atoms with Gasteiger partial charge < -0.3 is 20.3 Å². The van der Waals surface area contributed by atoms with Crippen LogP contribution in [0, 0.1) is 0 Å². The lowest BCUT2D eigenvalue weighted by Crippen LogP contribution is -2.36. The topological polar surface area (TPSA) is 91.0 Å². The number of hydrogen-bond donors (Lipinski definition) is 3. The average Bonchev–Trinajstić information content (AvgIpc) is 3.25. The lowest BCUT2D eigenvalue weighted by molar-refractivity contribution is 0.122. The first kappa shape index (κ1) is 18.2. The van der Waals surface area contributed by atoms with Gasteiger partial charge in [-0.1, -0.05) is 19.3 Å². The lowest BCUT2D eigenvalue weighted by Gasteiger charge is -2.28. The number of benzene rings is 1. The Hall–Kier alpha value is -2.87. The van der Waals surface area contributed by atoms with Gasteiger partial charge in [-0.05, 0) is 37.1 Å². The molecule has 3 N–H and O–H groups in total. The maximum Gasteiger partial charge on any atom is 0.231 e. The van der Waals surface area contributed by atoms with E-state index in [0.717, 1.165) is 48.8 Å². The molecule has 0 unspecified atom stereocenters. The molecule has 2 aromatic heterocycles. The predicted octanol–water partition coefficient (Wildman–Crippen LogP) is 3.68. The molecule has 1 saturated heterocycles. The summed E-state index contributed by atoms with van der Waals surface area (Å²) < 4.78 is 5.43. The summed E-state index contributed by atoms with van der Waals surface area (Å²) in [4.78, 5) is 11.7. The lowest BCUT2D eigenvalue weighted by atomic mass is 9.95. The van der Waals surface area contributed by atoms with Crippen LogP contribution in [-0.4, -0.2) is 52.5 Å². The second-order valence-electron chi connectivity index (χ2n) is 7.78. The quantitative estimate of drug-likeness (QED) is 0.609. The minimum atomic E-state index is 0.470. The number of aromatic nitrogens is 4. The van der Waals surface area contributed by atoms with Crippen molar-refractivity contribution in [2.24, 2.45) is 0 Å². The molecule has 1 saturated carbocycles. The highest BCUT2D eigenvalue weighted by molar-refractivity contribution is 5.87. The molecule has 0 radical (unpaired) electrons. The van der Waals surface area contributed by atoms with E-state index < -0.39 is 0 Å². The third-order valence-corrected chi connectivity index (χ3v) is 5.76. The van der Waals surface area contributed by atoms with E-state index in [9.17, 15) is 0 Å². The van der Waals surface area contributed by atoms with E-state index in [1.165, 1.54) is 37.8 Å². The van der Waals surface area contributed by atoms with Gasteiger partial charge in [0.15, 0.2) is 5.65 Å². The minimum Gasteiger partial charge on any atom is -0.378 e. The number of hydrogen-bond acceptors (Lipinski definition) is 7. The first-order valence-electron chi connectivity index (χ1n) is 10.5. The van der Waals surface area contributed by atoms with Gasteiger partial charge in [-0.25, -0.2) is 0 Å². The number of ether oxygens (including phenoxy) is 1. The van der Waals surface area contributed by atoms with Crippen molar-refractivity contribution in [1.82, 2.24) is 20.2 Å². The van der Waals surface area contributed by atoms with E-state index in [1.807, 2.05) is 0 Å². The maximum absolute atomic E-state index is 5.43. The zero-order valence-corrected chi connectivity index (χ0v) is 16.5. The summed E-state index contributed by atoms with van der Waals surface area (Å²) >= 11 is 0. The summed E-state index contributed by atoms with van der Waals surface area (Å²) in [7, 11) is 0. The third-order valence-electron chi connectivity index (χ3n) is 5.76. The zero-order valence-electron chi connectivity index (χ0n) is 16.5. The van der Waals surface area contributed by atoms with Crippen molar-refractivity contribution < 1.29 is 4.74 Å². The second-order valence-corrected chi connectivity index (χ2v) is 7.78. The summed E-state index contributed by atoms with van der Waals surface area (Å²) in [6, 6.07) is 8.86. The van der Waals surface area contributed by atoms with Crippen LogP contribution in [0.4, 0.5) is 23.1 Å². The van der Waals surface area contributed by atoms with E-state index in [-0.39, 0.29) is 0 Å². The van der Waals surface area contributed by atoms with Crippen LogP contribution < -0.4 is 15.5 Å². The Balaban J connectivity index is 1.34. The van der Waals surface area contributed by atoms with Gasteiger partial charge in [0.2, 0.25) is 5.95 Å². The Morgan fingerprint density at radius 1 is 1.00 bits per heavy atom. The Morgan fingerprint density at radius 2 is 1.79 bits per heavy atom. The van der Waals surface area contributed by atoms with Crippen LogP contribution >= 0.6 is 0 Å². The first-order valence-corrected chi connectivity index (χ1v) is 10.5. The summed E-state index contributed by atoms with van der Waals surface area (Å²) in [6.07, 6.45) is 8.05. The molecule has 152 valence electrons. The van der Waals surface area contributed by atoms with E-state index >= 15 is 0 Å². The van der Waals surface area contributed by atoms with Crippen LogP contribution in [0.1, 0.15) is 32.1 Å². The van der Waals surface area contributed by atoms with Crippen LogP contribution in [0.5, 0.6) is 0 Å². The molecule has 1 aliphatic carbocycles. The first-order chi connectivity index (χ1) is 14.3. The van der Waals surface area contributed by atoms with Crippen LogP contribution in [0.3, 0.4) is 0 Å².